The van der Waals surface area contributed by atoms with Crippen molar-refractivity contribution in [1.82, 2.24) is 4.98 Å². The average Bonchev–Trinajstić information content (AvgIpc) is 2.72. The molecular weight excluding hydrogens is 258 g/mol. The maximum Gasteiger partial charge on any atom is 0.0845 e. The smallest absolute Gasteiger partial charge is 0.0845 e. The summed E-state index contributed by atoms with van der Waals surface area (Å²) in [5.74, 6) is 0. The molecule has 1 N–H and O–H groups in total. The largest absolute Gasteiger partial charge is 0.388 e. The lowest BCUT2D eigenvalue weighted by Gasteiger charge is -2.13. The molecule has 0 saturated carbocycles. The summed E-state index contributed by atoms with van der Waals surface area (Å²) in [7, 11) is 0. The number of rotatable bonds is 3. The Morgan fingerprint density at radius 3 is 2.57 bits per heavy atom. The summed E-state index contributed by atoms with van der Waals surface area (Å²) >= 11 is 0. The average molecular weight is 281 g/mol. The predicted molar refractivity (Wildman–Crippen MR) is 85.3 cm³/mol. The minimum Gasteiger partial charge on any atom is -0.388 e. The Morgan fingerprint density at radius 1 is 1.00 bits per heavy atom. The fourth-order valence-corrected chi connectivity index (χ4v) is 3.02. The standard InChI is InChI=1S/C19H23NO/c1-14-7-9-16(10-8-14)19(21)13-17-12-11-15-5-3-2-4-6-18(15)20-17/h7-12,19,21H,2-6,13H2,1H3. The van der Waals surface area contributed by atoms with E-state index >= 15 is 0 Å². The van der Waals surface area contributed by atoms with Crippen LogP contribution in [0.25, 0.3) is 0 Å². The second-order valence-corrected chi connectivity index (χ2v) is 6.10. The zero-order valence-corrected chi connectivity index (χ0v) is 12.7. The van der Waals surface area contributed by atoms with E-state index < -0.39 is 6.10 Å². The summed E-state index contributed by atoms with van der Waals surface area (Å²) in [6.45, 7) is 2.06. The van der Waals surface area contributed by atoms with Crippen molar-refractivity contribution in [3.8, 4) is 0 Å². The first kappa shape index (κ1) is 14.3. The zero-order valence-electron chi connectivity index (χ0n) is 12.7. The number of pyridine rings is 1. The quantitative estimate of drug-likeness (QED) is 0.865. The van der Waals surface area contributed by atoms with Crippen LogP contribution in [-0.4, -0.2) is 10.1 Å². The van der Waals surface area contributed by atoms with Crippen molar-refractivity contribution in [1.29, 1.82) is 0 Å². The number of benzene rings is 1. The SMILES string of the molecule is Cc1ccc(C(O)Cc2ccc3c(n2)CCCCC3)cc1. The highest BCUT2D eigenvalue weighted by molar-refractivity contribution is 5.27. The summed E-state index contributed by atoms with van der Waals surface area (Å²) < 4.78 is 0. The molecule has 21 heavy (non-hydrogen) atoms. The molecule has 0 radical (unpaired) electrons. The van der Waals surface area contributed by atoms with E-state index in [0.29, 0.717) is 6.42 Å². The first-order valence-electron chi connectivity index (χ1n) is 7.95. The van der Waals surface area contributed by atoms with Crippen LogP contribution in [0, 0.1) is 6.92 Å². The van der Waals surface area contributed by atoms with Gasteiger partial charge in [-0.15, -0.1) is 0 Å². The molecular formula is C19H23NO. The maximum absolute atomic E-state index is 10.4. The van der Waals surface area contributed by atoms with Crippen LogP contribution in [0.5, 0.6) is 0 Å². The topological polar surface area (TPSA) is 33.1 Å². The van der Waals surface area contributed by atoms with Gasteiger partial charge in [0.05, 0.1) is 6.10 Å². The normalized spacial score (nSPS) is 16.1. The number of nitrogens with zero attached hydrogens (tertiary/aromatic N) is 1. The third kappa shape index (κ3) is 3.51. The minimum absolute atomic E-state index is 0.470. The minimum atomic E-state index is -0.470. The second kappa shape index (κ2) is 6.40. The van der Waals surface area contributed by atoms with Gasteiger partial charge in [-0.05, 0) is 49.8 Å². The molecule has 2 nitrogen and oxygen atoms in total. The van der Waals surface area contributed by atoms with Crippen LogP contribution in [0.1, 0.15) is 53.4 Å². The van der Waals surface area contributed by atoms with E-state index in [0.717, 1.165) is 24.1 Å². The fourth-order valence-electron chi connectivity index (χ4n) is 3.02. The van der Waals surface area contributed by atoms with Crippen LogP contribution in [0.3, 0.4) is 0 Å². The molecule has 0 bridgehead atoms. The van der Waals surface area contributed by atoms with Crippen LogP contribution in [-0.2, 0) is 19.3 Å². The molecule has 1 aliphatic rings. The highest BCUT2D eigenvalue weighted by Gasteiger charge is 2.13. The lowest BCUT2D eigenvalue weighted by atomic mass is 10.0. The van der Waals surface area contributed by atoms with Crippen LogP contribution in [0.4, 0.5) is 0 Å². The van der Waals surface area contributed by atoms with Crippen LogP contribution < -0.4 is 0 Å². The molecule has 0 aliphatic heterocycles. The number of aliphatic hydroxyl groups excluding tert-OH is 1. The Kier molecular flexibility index (Phi) is 4.35. The van der Waals surface area contributed by atoms with E-state index in [1.807, 2.05) is 24.3 Å². The fraction of sp³-hybridized carbons (Fsp3) is 0.421. The summed E-state index contributed by atoms with van der Waals surface area (Å²) in [5.41, 5.74) is 5.84. The van der Waals surface area contributed by atoms with Crippen molar-refractivity contribution >= 4 is 0 Å². The van der Waals surface area contributed by atoms with Gasteiger partial charge in [0.1, 0.15) is 0 Å². The number of aliphatic hydroxyl groups is 1. The van der Waals surface area contributed by atoms with Gasteiger partial charge in [-0.25, -0.2) is 0 Å². The van der Waals surface area contributed by atoms with E-state index in [1.54, 1.807) is 0 Å². The zero-order chi connectivity index (χ0) is 14.7. The summed E-state index contributed by atoms with van der Waals surface area (Å²) in [6, 6.07) is 12.4. The van der Waals surface area contributed by atoms with Crippen molar-refractivity contribution < 1.29 is 5.11 Å². The molecule has 0 spiro atoms. The Balaban J connectivity index is 1.75. The van der Waals surface area contributed by atoms with Crippen molar-refractivity contribution in [3.05, 3.63) is 64.5 Å². The first-order valence-corrected chi connectivity index (χ1v) is 7.95. The van der Waals surface area contributed by atoms with E-state index in [1.165, 1.54) is 36.1 Å². The molecule has 1 unspecified atom stereocenters. The Labute approximate surface area is 126 Å². The van der Waals surface area contributed by atoms with Crippen LogP contribution in [0.15, 0.2) is 36.4 Å². The van der Waals surface area contributed by atoms with Gasteiger partial charge >= 0.3 is 0 Å². The second-order valence-electron chi connectivity index (χ2n) is 6.10. The lowest BCUT2D eigenvalue weighted by Crippen LogP contribution is -2.06. The van der Waals surface area contributed by atoms with Gasteiger partial charge in [0, 0.05) is 17.8 Å². The van der Waals surface area contributed by atoms with Gasteiger partial charge in [0.15, 0.2) is 0 Å². The maximum atomic E-state index is 10.4. The Bertz CT molecular complexity index is 603. The summed E-state index contributed by atoms with van der Waals surface area (Å²) in [4.78, 5) is 4.80. The molecule has 1 aromatic heterocycles. The molecule has 1 atom stereocenters. The number of aryl methyl sites for hydroxylation is 3. The summed E-state index contributed by atoms with van der Waals surface area (Å²) in [5, 5.41) is 10.4. The molecule has 0 fully saturated rings. The summed E-state index contributed by atoms with van der Waals surface area (Å²) in [6.07, 6.45) is 6.19. The molecule has 110 valence electrons. The molecule has 3 rings (SSSR count). The van der Waals surface area contributed by atoms with E-state index in [4.69, 9.17) is 4.98 Å². The van der Waals surface area contributed by atoms with Gasteiger partial charge in [0.2, 0.25) is 0 Å². The monoisotopic (exact) mass is 281 g/mol. The molecule has 1 aliphatic carbocycles. The lowest BCUT2D eigenvalue weighted by molar-refractivity contribution is 0.177. The van der Waals surface area contributed by atoms with Gasteiger partial charge in [-0.1, -0.05) is 42.3 Å². The van der Waals surface area contributed by atoms with Crippen LogP contribution >= 0.6 is 0 Å². The van der Waals surface area contributed by atoms with E-state index in [9.17, 15) is 5.11 Å². The van der Waals surface area contributed by atoms with Crippen molar-refractivity contribution in [2.45, 2.75) is 51.6 Å². The Hall–Kier alpha value is -1.67. The predicted octanol–water partition coefficient (Wildman–Crippen LogP) is 3.94. The molecule has 1 aromatic carbocycles. The van der Waals surface area contributed by atoms with Gasteiger partial charge in [0.25, 0.3) is 0 Å². The third-order valence-corrected chi connectivity index (χ3v) is 4.35. The highest BCUT2D eigenvalue weighted by Crippen LogP contribution is 2.22. The first-order chi connectivity index (χ1) is 10.2. The van der Waals surface area contributed by atoms with Gasteiger partial charge < -0.3 is 5.11 Å². The van der Waals surface area contributed by atoms with Crippen molar-refractivity contribution in [2.24, 2.45) is 0 Å². The number of hydrogen-bond acceptors (Lipinski definition) is 2. The highest BCUT2D eigenvalue weighted by atomic mass is 16.3. The van der Waals surface area contributed by atoms with E-state index in [-0.39, 0.29) is 0 Å². The molecule has 2 aromatic rings. The molecule has 1 heterocycles. The molecule has 0 saturated heterocycles. The van der Waals surface area contributed by atoms with Crippen LogP contribution in [0.2, 0.25) is 0 Å². The number of fused-ring (bicyclic) bond motifs is 1. The van der Waals surface area contributed by atoms with E-state index in [2.05, 4.69) is 19.1 Å². The molecule has 2 heteroatoms. The van der Waals surface area contributed by atoms with Crippen molar-refractivity contribution in [2.75, 3.05) is 0 Å². The molecule has 0 amide bonds. The number of hydrogen-bond donors (Lipinski definition) is 1. The third-order valence-electron chi connectivity index (χ3n) is 4.35. The number of aromatic nitrogens is 1. The van der Waals surface area contributed by atoms with Crippen molar-refractivity contribution in [3.63, 3.8) is 0 Å². The Morgan fingerprint density at radius 2 is 1.76 bits per heavy atom. The van der Waals surface area contributed by atoms with Gasteiger partial charge in [-0.3, -0.25) is 4.98 Å². The van der Waals surface area contributed by atoms with Gasteiger partial charge in [-0.2, -0.15) is 0 Å².